The van der Waals surface area contributed by atoms with Crippen LogP contribution in [0.2, 0.25) is 0 Å². The van der Waals surface area contributed by atoms with E-state index >= 15 is 0 Å². The summed E-state index contributed by atoms with van der Waals surface area (Å²) < 4.78 is 5.20. The molecule has 0 N–H and O–H groups in total. The van der Waals surface area contributed by atoms with E-state index < -0.39 is 0 Å². The molecular weight excluding hydrogens is 244 g/mol. The van der Waals surface area contributed by atoms with Gasteiger partial charge in [-0.2, -0.15) is 0 Å². The molecule has 0 bridgehead atoms. The fourth-order valence-corrected chi connectivity index (χ4v) is 2.87. The molecule has 0 unspecified atom stereocenters. The molecule has 4 rings (SSSR count). The second-order valence-electron chi connectivity index (χ2n) is 5.10. The van der Waals surface area contributed by atoms with Gasteiger partial charge >= 0.3 is 0 Å². The van der Waals surface area contributed by atoms with Gasteiger partial charge in [-0.05, 0) is 46.4 Å². The average molecular weight is 258 g/mol. The molecular formula is C19H14O. The normalized spacial score (nSPS) is 13.1. The van der Waals surface area contributed by atoms with Crippen LogP contribution in [0.3, 0.4) is 0 Å². The fourth-order valence-electron chi connectivity index (χ4n) is 2.87. The van der Waals surface area contributed by atoms with Crippen molar-refractivity contribution < 1.29 is 4.42 Å². The summed E-state index contributed by atoms with van der Waals surface area (Å²) >= 11 is 0. The molecule has 96 valence electrons. The Hall–Kier alpha value is -2.54. The van der Waals surface area contributed by atoms with E-state index in [9.17, 15) is 0 Å². The number of fused-ring (bicyclic) bond motifs is 1. The molecule has 1 nitrogen and oxygen atoms in total. The van der Waals surface area contributed by atoms with Crippen LogP contribution in [0.1, 0.15) is 16.7 Å². The Morgan fingerprint density at radius 3 is 2.50 bits per heavy atom. The monoisotopic (exact) mass is 258 g/mol. The summed E-state index contributed by atoms with van der Waals surface area (Å²) in [6.45, 7) is 0. The summed E-state index contributed by atoms with van der Waals surface area (Å²) in [7, 11) is 0. The van der Waals surface area contributed by atoms with Gasteiger partial charge in [0.15, 0.2) is 0 Å². The summed E-state index contributed by atoms with van der Waals surface area (Å²) in [6, 6.07) is 19.1. The molecule has 1 aliphatic rings. The molecule has 20 heavy (non-hydrogen) atoms. The van der Waals surface area contributed by atoms with E-state index in [0.717, 1.165) is 6.42 Å². The van der Waals surface area contributed by atoms with Gasteiger partial charge in [0.1, 0.15) is 0 Å². The third-order valence-corrected chi connectivity index (χ3v) is 3.87. The first-order valence-electron chi connectivity index (χ1n) is 6.82. The third-order valence-electron chi connectivity index (χ3n) is 3.87. The van der Waals surface area contributed by atoms with Crippen LogP contribution in [-0.2, 0) is 6.42 Å². The van der Waals surface area contributed by atoms with Crippen molar-refractivity contribution in [2.45, 2.75) is 6.42 Å². The van der Waals surface area contributed by atoms with Crippen LogP contribution in [0.5, 0.6) is 0 Å². The predicted molar refractivity (Wildman–Crippen MR) is 82.2 cm³/mol. The molecule has 0 saturated heterocycles. The van der Waals surface area contributed by atoms with Crippen LogP contribution in [0, 0.1) is 0 Å². The van der Waals surface area contributed by atoms with Crippen molar-refractivity contribution in [1.29, 1.82) is 0 Å². The summed E-state index contributed by atoms with van der Waals surface area (Å²) in [5.74, 6) is 0. The highest BCUT2D eigenvalue weighted by Gasteiger charge is 2.17. The lowest BCUT2D eigenvalue weighted by atomic mass is 9.97. The van der Waals surface area contributed by atoms with Crippen molar-refractivity contribution in [3.8, 4) is 11.1 Å². The van der Waals surface area contributed by atoms with E-state index in [1.165, 1.54) is 33.4 Å². The standard InChI is InChI=1S/C19H14O/c1-2-5-14(6-3-1)18-8-4-7-15-11-17(12-19(15)18)16-9-10-20-13-16/h1-10,12-13H,11H2. The Balaban J connectivity index is 1.84. The maximum absolute atomic E-state index is 5.20. The third kappa shape index (κ3) is 1.79. The molecule has 1 aliphatic carbocycles. The van der Waals surface area contributed by atoms with E-state index in [1.807, 2.05) is 12.3 Å². The summed E-state index contributed by atoms with van der Waals surface area (Å²) in [5, 5.41) is 0. The Labute approximate surface area is 118 Å². The van der Waals surface area contributed by atoms with Crippen LogP contribution in [0.25, 0.3) is 22.8 Å². The van der Waals surface area contributed by atoms with E-state index in [2.05, 4.69) is 54.6 Å². The Bertz CT molecular complexity index is 765. The highest BCUT2D eigenvalue weighted by atomic mass is 16.3. The van der Waals surface area contributed by atoms with Gasteiger partial charge in [-0.3, -0.25) is 0 Å². The molecule has 0 aliphatic heterocycles. The summed E-state index contributed by atoms with van der Waals surface area (Å²) in [4.78, 5) is 0. The minimum absolute atomic E-state index is 0.982. The zero-order chi connectivity index (χ0) is 13.4. The SMILES string of the molecule is C1=C(c2ccoc2)Cc2cccc(-c3ccccc3)c21. The smallest absolute Gasteiger partial charge is 0.0977 e. The number of hydrogen-bond donors (Lipinski definition) is 0. The van der Waals surface area contributed by atoms with E-state index in [0.29, 0.717) is 0 Å². The lowest BCUT2D eigenvalue weighted by Crippen LogP contribution is -1.87. The first-order chi connectivity index (χ1) is 9.92. The molecule has 0 fully saturated rings. The molecule has 0 amide bonds. The van der Waals surface area contributed by atoms with Crippen LogP contribution in [-0.4, -0.2) is 0 Å². The highest BCUT2D eigenvalue weighted by molar-refractivity contribution is 5.93. The number of furan rings is 1. The van der Waals surface area contributed by atoms with Crippen molar-refractivity contribution >= 4 is 11.6 Å². The van der Waals surface area contributed by atoms with Gasteiger partial charge in [-0.15, -0.1) is 0 Å². The largest absolute Gasteiger partial charge is 0.472 e. The lowest BCUT2D eigenvalue weighted by Gasteiger charge is -2.07. The second-order valence-corrected chi connectivity index (χ2v) is 5.10. The van der Waals surface area contributed by atoms with Gasteiger partial charge in [-0.1, -0.05) is 48.5 Å². The lowest BCUT2D eigenvalue weighted by molar-refractivity contribution is 0.566. The topological polar surface area (TPSA) is 13.1 Å². The zero-order valence-electron chi connectivity index (χ0n) is 11.0. The van der Waals surface area contributed by atoms with Gasteiger partial charge in [0, 0.05) is 5.56 Å². The molecule has 1 heterocycles. The van der Waals surface area contributed by atoms with Gasteiger partial charge in [0.2, 0.25) is 0 Å². The highest BCUT2D eigenvalue weighted by Crippen LogP contribution is 2.37. The first kappa shape index (κ1) is 11.3. The van der Waals surface area contributed by atoms with Gasteiger partial charge in [-0.25, -0.2) is 0 Å². The second kappa shape index (κ2) is 4.53. The van der Waals surface area contributed by atoms with Crippen molar-refractivity contribution in [1.82, 2.24) is 0 Å². The molecule has 0 atom stereocenters. The number of benzene rings is 2. The predicted octanol–water partition coefficient (Wildman–Crippen LogP) is 5.04. The van der Waals surface area contributed by atoms with E-state index in [1.54, 1.807) is 6.26 Å². The zero-order valence-corrected chi connectivity index (χ0v) is 11.0. The van der Waals surface area contributed by atoms with Crippen LogP contribution in [0.15, 0.2) is 71.5 Å². The molecule has 0 spiro atoms. The summed E-state index contributed by atoms with van der Waals surface area (Å²) in [5.41, 5.74) is 7.82. The number of hydrogen-bond acceptors (Lipinski definition) is 1. The van der Waals surface area contributed by atoms with Crippen LogP contribution < -0.4 is 0 Å². The molecule has 1 heteroatoms. The Kier molecular flexibility index (Phi) is 2.56. The molecule has 0 saturated carbocycles. The molecule has 2 aromatic carbocycles. The van der Waals surface area contributed by atoms with Crippen LogP contribution >= 0.6 is 0 Å². The maximum Gasteiger partial charge on any atom is 0.0977 e. The van der Waals surface area contributed by atoms with E-state index in [4.69, 9.17) is 4.42 Å². The van der Waals surface area contributed by atoms with Crippen molar-refractivity contribution in [2.75, 3.05) is 0 Å². The number of allylic oxidation sites excluding steroid dienone is 1. The minimum atomic E-state index is 0.982. The number of rotatable bonds is 2. The summed E-state index contributed by atoms with van der Waals surface area (Å²) in [6.07, 6.45) is 6.83. The van der Waals surface area contributed by atoms with Crippen LogP contribution in [0.4, 0.5) is 0 Å². The first-order valence-corrected chi connectivity index (χ1v) is 6.82. The van der Waals surface area contributed by atoms with Crippen molar-refractivity contribution in [2.24, 2.45) is 0 Å². The molecule has 1 aromatic heterocycles. The van der Waals surface area contributed by atoms with E-state index in [-0.39, 0.29) is 0 Å². The minimum Gasteiger partial charge on any atom is -0.472 e. The quantitative estimate of drug-likeness (QED) is 0.627. The molecule has 3 aromatic rings. The average Bonchev–Trinajstić information content (AvgIpc) is 3.16. The molecule has 0 radical (unpaired) electrons. The van der Waals surface area contributed by atoms with Gasteiger partial charge in [0.05, 0.1) is 12.5 Å². The van der Waals surface area contributed by atoms with Gasteiger partial charge in [0.25, 0.3) is 0 Å². The van der Waals surface area contributed by atoms with Crippen molar-refractivity contribution in [3.63, 3.8) is 0 Å². The maximum atomic E-state index is 5.20. The van der Waals surface area contributed by atoms with Crippen molar-refractivity contribution in [3.05, 3.63) is 83.8 Å². The Morgan fingerprint density at radius 1 is 0.800 bits per heavy atom. The fraction of sp³-hybridized carbons (Fsp3) is 0.0526. The Morgan fingerprint density at radius 2 is 1.70 bits per heavy atom. The van der Waals surface area contributed by atoms with Gasteiger partial charge < -0.3 is 4.42 Å².